The highest BCUT2D eigenvalue weighted by Crippen LogP contribution is 2.40. The number of carbonyl (C=O) groups excluding carboxylic acids is 2. The lowest BCUT2D eigenvalue weighted by atomic mass is 9.80. The second-order valence-corrected chi connectivity index (χ2v) is 6.20. The number of ketones is 1. The van der Waals surface area contributed by atoms with Gasteiger partial charge in [-0.3, -0.25) is 9.59 Å². The molecular weight excluding hydrogens is 238 g/mol. The lowest BCUT2D eigenvalue weighted by molar-refractivity contribution is -0.120. The first-order valence-corrected chi connectivity index (χ1v) is 6.96. The number of carbonyl (C=O) groups is 2. The van der Waals surface area contributed by atoms with Crippen molar-refractivity contribution < 1.29 is 9.59 Å². The monoisotopic (exact) mass is 257 g/mol. The van der Waals surface area contributed by atoms with Crippen LogP contribution in [0.25, 0.3) is 0 Å². The number of rotatable bonds is 1. The Bertz CT molecular complexity index is 550. The topological polar surface area (TPSA) is 46.2 Å². The highest BCUT2D eigenvalue weighted by atomic mass is 16.2. The fourth-order valence-electron chi connectivity index (χ4n) is 3.12. The SMILES string of the molecule is CC1(C)C(=O)Nc2ccc(C3CCC(=O)CC3)cc21. The largest absolute Gasteiger partial charge is 0.325 e. The second kappa shape index (κ2) is 4.19. The van der Waals surface area contributed by atoms with E-state index in [4.69, 9.17) is 0 Å². The lowest BCUT2D eigenvalue weighted by Gasteiger charge is -2.23. The summed E-state index contributed by atoms with van der Waals surface area (Å²) >= 11 is 0. The maximum Gasteiger partial charge on any atom is 0.234 e. The number of amides is 1. The third kappa shape index (κ3) is 1.97. The van der Waals surface area contributed by atoms with Crippen molar-refractivity contribution in [3.63, 3.8) is 0 Å². The van der Waals surface area contributed by atoms with Crippen LogP contribution in [0.2, 0.25) is 0 Å². The first-order chi connectivity index (χ1) is 8.98. The Labute approximate surface area is 113 Å². The van der Waals surface area contributed by atoms with Crippen LogP contribution in [-0.4, -0.2) is 11.7 Å². The number of nitrogens with one attached hydrogen (secondary N) is 1. The quantitative estimate of drug-likeness (QED) is 0.840. The third-order valence-corrected chi connectivity index (χ3v) is 4.55. The highest BCUT2D eigenvalue weighted by molar-refractivity contribution is 6.05. The van der Waals surface area contributed by atoms with Crippen LogP contribution in [-0.2, 0) is 15.0 Å². The van der Waals surface area contributed by atoms with E-state index in [2.05, 4.69) is 17.4 Å². The number of Topliss-reactive ketones (excluding diaryl/α,β-unsaturated/α-hetero) is 1. The molecule has 19 heavy (non-hydrogen) atoms. The van der Waals surface area contributed by atoms with E-state index in [1.54, 1.807) is 0 Å². The summed E-state index contributed by atoms with van der Waals surface area (Å²) < 4.78 is 0. The molecule has 2 aliphatic rings. The van der Waals surface area contributed by atoms with Gasteiger partial charge < -0.3 is 5.32 Å². The highest BCUT2D eigenvalue weighted by Gasteiger charge is 2.38. The van der Waals surface area contributed by atoms with Crippen molar-refractivity contribution in [2.75, 3.05) is 5.32 Å². The van der Waals surface area contributed by atoms with Crippen LogP contribution in [0.5, 0.6) is 0 Å². The van der Waals surface area contributed by atoms with Gasteiger partial charge in [0.25, 0.3) is 0 Å². The first kappa shape index (κ1) is 12.4. The molecule has 1 heterocycles. The molecule has 1 aliphatic heterocycles. The molecule has 1 amide bonds. The minimum absolute atomic E-state index is 0.0680. The summed E-state index contributed by atoms with van der Waals surface area (Å²) in [5.41, 5.74) is 2.85. The molecule has 1 fully saturated rings. The summed E-state index contributed by atoms with van der Waals surface area (Å²) in [7, 11) is 0. The third-order valence-electron chi connectivity index (χ3n) is 4.55. The minimum atomic E-state index is -0.449. The van der Waals surface area contributed by atoms with Gasteiger partial charge in [0.15, 0.2) is 0 Å². The van der Waals surface area contributed by atoms with Gasteiger partial charge in [-0.1, -0.05) is 12.1 Å². The van der Waals surface area contributed by atoms with Crippen molar-refractivity contribution in [2.24, 2.45) is 0 Å². The molecule has 0 atom stereocenters. The van der Waals surface area contributed by atoms with Crippen molar-refractivity contribution in [1.29, 1.82) is 0 Å². The van der Waals surface area contributed by atoms with Crippen molar-refractivity contribution >= 4 is 17.4 Å². The Balaban J connectivity index is 1.92. The fourth-order valence-corrected chi connectivity index (χ4v) is 3.12. The summed E-state index contributed by atoms with van der Waals surface area (Å²) in [5.74, 6) is 0.919. The van der Waals surface area contributed by atoms with Gasteiger partial charge in [0.05, 0.1) is 5.41 Å². The van der Waals surface area contributed by atoms with Gasteiger partial charge in [-0.05, 0) is 49.8 Å². The van der Waals surface area contributed by atoms with Gasteiger partial charge in [0.1, 0.15) is 5.78 Å². The molecule has 1 N–H and O–H groups in total. The normalized spacial score (nSPS) is 22.2. The van der Waals surface area contributed by atoms with Crippen molar-refractivity contribution in [2.45, 2.75) is 50.9 Å². The molecule has 100 valence electrons. The molecule has 1 aliphatic carbocycles. The number of anilines is 1. The smallest absolute Gasteiger partial charge is 0.234 e. The van der Waals surface area contributed by atoms with Crippen LogP contribution in [0.1, 0.15) is 56.6 Å². The van der Waals surface area contributed by atoms with Crippen LogP contribution in [0, 0.1) is 0 Å². The van der Waals surface area contributed by atoms with E-state index in [0.717, 1.165) is 24.1 Å². The number of benzene rings is 1. The van der Waals surface area contributed by atoms with Gasteiger partial charge in [-0.15, -0.1) is 0 Å². The Morgan fingerprint density at radius 2 is 1.84 bits per heavy atom. The molecular formula is C16H19NO2. The van der Waals surface area contributed by atoms with Crippen LogP contribution in [0.3, 0.4) is 0 Å². The predicted octanol–water partition coefficient (Wildman–Crippen LogP) is 3.14. The number of hydrogen-bond donors (Lipinski definition) is 1. The summed E-state index contributed by atoms with van der Waals surface area (Å²) in [5, 5.41) is 2.93. The van der Waals surface area contributed by atoms with E-state index >= 15 is 0 Å². The zero-order chi connectivity index (χ0) is 13.6. The van der Waals surface area contributed by atoms with Crippen LogP contribution < -0.4 is 5.32 Å². The lowest BCUT2D eigenvalue weighted by Crippen LogP contribution is -2.27. The Hall–Kier alpha value is -1.64. The molecule has 0 aromatic heterocycles. The Morgan fingerprint density at radius 3 is 2.53 bits per heavy atom. The van der Waals surface area contributed by atoms with E-state index in [9.17, 15) is 9.59 Å². The van der Waals surface area contributed by atoms with Gasteiger partial charge in [-0.25, -0.2) is 0 Å². The van der Waals surface area contributed by atoms with Crippen LogP contribution in [0.4, 0.5) is 5.69 Å². The van der Waals surface area contributed by atoms with Crippen molar-refractivity contribution in [1.82, 2.24) is 0 Å². The maximum absolute atomic E-state index is 11.9. The molecule has 0 saturated heterocycles. The van der Waals surface area contributed by atoms with E-state index in [0.29, 0.717) is 24.5 Å². The average molecular weight is 257 g/mol. The zero-order valence-electron chi connectivity index (χ0n) is 11.5. The standard InChI is InChI=1S/C16H19NO2/c1-16(2)13-9-11(5-8-14(13)17-15(16)19)10-3-6-12(18)7-4-10/h5,8-10H,3-4,6-7H2,1-2H3,(H,17,19). The summed E-state index contributed by atoms with van der Waals surface area (Å²) in [4.78, 5) is 23.2. The first-order valence-electron chi connectivity index (χ1n) is 6.96. The molecule has 1 aromatic rings. The zero-order valence-corrected chi connectivity index (χ0v) is 11.5. The second-order valence-electron chi connectivity index (χ2n) is 6.20. The fraction of sp³-hybridized carbons (Fsp3) is 0.500. The van der Waals surface area contributed by atoms with Crippen molar-refractivity contribution in [3.8, 4) is 0 Å². The Morgan fingerprint density at radius 1 is 1.16 bits per heavy atom. The molecule has 3 nitrogen and oxygen atoms in total. The van der Waals surface area contributed by atoms with Gasteiger partial charge in [-0.2, -0.15) is 0 Å². The molecule has 3 rings (SSSR count). The predicted molar refractivity (Wildman–Crippen MR) is 74.3 cm³/mol. The number of fused-ring (bicyclic) bond motifs is 1. The van der Waals surface area contributed by atoms with E-state index < -0.39 is 5.41 Å². The van der Waals surface area contributed by atoms with E-state index in [1.807, 2.05) is 19.9 Å². The molecule has 0 unspecified atom stereocenters. The minimum Gasteiger partial charge on any atom is -0.325 e. The van der Waals surface area contributed by atoms with E-state index in [1.165, 1.54) is 5.56 Å². The molecule has 0 bridgehead atoms. The summed E-state index contributed by atoms with van der Waals surface area (Å²) in [6.07, 6.45) is 3.28. The Kier molecular flexibility index (Phi) is 2.73. The molecule has 0 radical (unpaired) electrons. The number of hydrogen-bond acceptors (Lipinski definition) is 2. The summed E-state index contributed by atoms with van der Waals surface area (Å²) in [6.45, 7) is 3.92. The van der Waals surface area contributed by atoms with Crippen LogP contribution >= 0.6 is 0 Å². The molecule has 0 spiro atoms. The van der Waals surface area contributed by atoms with Crippen molar-refractivity contribution in [3.05, 3.63) is 29.3 Å². The summed E-state index contributed by atoms with van der Waals surface area (Å²) in [6, 6.07) is 6.27. The maximum atomic E-state index is 11.9. The molecule has 1 saturated carbocycles. The van der Waals surface area contributed by atoms with Gasteiger partial charge in [0, 0.05) is 18.5 Å². The van der Waals surface area contributed by atoms with Gasteiger partial charge >= 0.3 is 0 Å². The van der Waals surface area contributed by atoms with Crippen LogP contribution in [0.15, 0.2) is 18.2 Å². The van der Waals surface area contributed by atoms with E-state index in [-0.39, 0.29) is 5.91 Å². The van der Waals surface area contributed by atoms with Gasteiger partial charge in [0.2, 0.25) is 5.91 Å². The average Bonchev–Trinajstić information content (AvgIpc) is 2.61. The molecule has 1 aromatic carbocycles. The molecule has 3 heteroatoms.